The molecule has 130 valence electrons. The zero-order valence-corrected chi connectivity index (χ0v) is 15.3. The fourth-order valence-corrected chi connectivity index (χ4v) is 3.23. The minimum atomic E-state index is -0.618. The number of rotatable bonds is 3. The predicted molar refractivity (Wildman–Crippen MR) is 99.0 cm³/mol. The van der Waals surface area contributed by atoms with E-state index in [2.05, 4.69) is 11.4 Å². The summed E-state index contributed by atoms with van der Waals surface area (Å²) in [4.78, 5) is 26.8. The van der Waals surface area contributed by atoms with Crippen LogP contribution in [0.25, 0.3) is 0 Å². The SMILES string of the molecule is C[C@H](NC(=O)c1ccc(Cl)c(Cl)c1)C(=O)N1CCc2ccccc2C1. The summed E-state index contributed by atoms with van der Waals surface area (Å²) >= 11 is 11.8. The second kappa shape index (κ2) is 7.46. The van der Waals surface area contributed by atoms with Crippen LogP contribution in [0.2, 0.25) is 10.0 Å². The number of amides is 2. The van der Waals surface area contributed by atoms with Crippen molar-refractivity contribution in [2.24, 2.45) is 0 Å². The van der Waals surface area contributed by atoms with Gasteiger partial charge in [-0.3, -0.25) is 9.59 Å². The molecule has 1 heterocycles. The summed E-state index contributed by atoms with van der Waals surface area (Å²) in [6.07, 6.45) is 0.829. The summed E-state index contributed by atoms with van der Waals surface area (Å²) in [5.74, 6) is -0.445. The number of hydrogen-bond donors (Lipinski definition) is 1. The van der Waals surface area contributed by atoms with Crippen LogP contribution >= 0.6 is 23.2 Å². The fraction of sp³-hybridized carbons (Fsp3) is 0.263. The van der Waals surface area contributed by atoms with E-state index in [0.29, 0.717) is 28.7 Å². The standard InChI is InChI=1S/C19H18Cl2N2O2/c1-12(22-18(24)14-6-7-16(20)17(21)10-14)19(25)23-9-8-13-4-2-3-5-15(13)11-23/h2-7,10,12H,8-9,11H2,1H3,(H,22,24)/t12-/m0/s1. The van der Waals surface area contributed by atoms with Gasteiger partial charge in [-0.1, -0.05) is 47.5 Å². The summed E-state index contributed by atoms with van der Waals surface area (Å²) in [5, 5.41) is 3.42. The van der Waals surface area contributed by atoms with E-state index in [1.165, 1.54) is 11.6 Å². The Labute approximate surface area is 156 Å². The number of carbonyl (C=O) groups is 2. The lowest BCUT2D eigenvalue weighted by Crippen LogP contribution is -2.48. The quantitative estimate of drug-likeness (QED) is 0.887. The van der Waals surface area contributed by atoms with Crippen molar-refractivity contribution < 1.29 is 9.59 Å². The number of halogens is 2. The molecule has 0 spiro atoms. The first-order chi connectivity index (χ1) is 12.0. The highest BCUT2D eigenvalue weighted by Crippen LogP contribution is 2.23. The molecule has 0 saturated heterocycles. The Morgan fingerprint density at radius 2 is 1.80 bits per heavy atom. The third-order valence-corrected chi connectivity index (χ3v) is 5.08. The van der Waals surface area contributed by atoms with Crippen molar-refractivity contribution in [2.45, 2.75) is 25.9 Å². The van der Waals surface area contributed by atoms with E-state index in [1.54, 1.807) is 24.0 Å². The van der Waals surface area contributed by atoms with Crippen LogP contribution in [0.1, 0.15) is 28.4 Å². The highest BCUT2D eigenvalue weighted by molar-refractivity contribution is 6.42. The first-order valence-electron chi connectivity index (χ1n) is 8.07. The van der Waals surface area contributed by atoms with Crippen molar-refractivity contribution in [3.05, 3.63) is 69.2 Å². The number of nitrogens with one attached hydrogen (secondary N) is 1. The molecule has 0 unspecified atom stereocenters. The van der Waals surface area contributed by atoms with Gasteiger partial charge in [0.25, 0.3) is 5.91 Å². The maximum atomic E-state index is 12.7. The van der Waals surface area contributed by atoms with Crippen LogP contribution in [0, 0.1) is 0 Å². The molecule has 3 rings (SSSR count). The molecule has 6 heteroatoms. The van der Waals surface area contributed by atoms with Crippen LogP contribution in [0.15, 0.2) is 42.5 Å². The Balaban J connectivity index is 1.65. The van der Waals surface area contributed by atoms with Gasteiger partial charge >= 0.3 is 0 Å². The van der Waals surface area contributed by atoms with Gasteiger partial charge in [0.15, 0.2) is 0 Å². The topological polar surface area (TPSA) is 49.4 Å². The molecule has 1 aliphatic rings. The molecule has 0 saturated carbocycles. The Hall–Kier alpha value is -2.04. The monoisotopic (exact) mass is 376 g/mol. The summed E-state index contributed by atoms with van der Waals surface area (Å²) in [6.45, 7) is 2.92. The summed E-state index contributed by atoms with van der Waals surface area (Å²) in [7, 11) is 0. The average molecular weight is 377 g/mol. The normalized spacial score (nSPS) is 14.6. The minimum absolute atomic E-state index is 0.0945. The Morgan fingerprint density at radius 3 is 2.52 bits per heavy atom. The van der Waals surface area contributed by atoms with Gasteiger partial charge in [0.2, 0.25) is 5.91 Å². The van der Waals surface area contributed by atoms with Crippen LogP contribution in [0.5, 0.6) is 0 Å². The molecular weight excluding hydrogens is 359 g/mol. The van der Waals surface area contributed by atoms with Gasteiger partial charge in [0.05, 0.1) is 10.0 Å². The van der Waals surface area contributed by atoms with E-state index < -0.39 is 6.04 Å². The number of nitrogens with zero attached hydrogens (tertiary/aromatic N) is 1. The summed E-state index contributed by atoms with van der Waals surface area (Å²) in [6, 6.07) is 12.1. The number of benzene rings is 2. The van der Waals surface area contributed by atoms with Crippen LogP contribution in [0.3, 0.4) is 0 Å². The van der Waals surface area contributed by atoms with Crippen molar-refractivity contribution >= 4 is 35.0 Å². The lowest BCUT2D eigenvalue weighted by Gasteiger charge is -2.31. The van der Waals surface area contributed by atoms with Crippen molar-refractivity contribution in [2.75, 3.05) is 6.54 Å². The van der Waals surface area contributed by atoms with Crippen LogP contribution in [0.4, 0.5) is 0 Å². The Bertz CT molecular complexity index is 823. The van der Waals surface area contributed by atoms with Crippen LogP contribution in [-0.2, 0) is 17.8 Å². The molecule has 0 radical (unpaired) electrons. The van der Waals surface area contributed by atoms with Gasteiger partial charge in [-0.25, -0.2) is 0 Å². The first kappa shape index (κ1) is 17.8. The van der Waals surface area contributed by atoms with Gasteiger partial charge in [0, 0.05) is 18.7 Å². The van der Waals surface area contributed by atoms with Gasteiger partial charge < -0.3 is 10.2 Å². The second-order valence-corrected chi connectivity index (χ2v) is 6.92. The molecule has 2 amide bonds. The summed E-state index contributed by atoms with van der Waals surface area (Å²) < 4.78 is 0. The molecule has 1 aliphatic heterocycles. The number of fused-ring (bicyclic) bond motifs is 1. The molecule has 2 aromatic rings. The zero-order chi connectivity index (χ0) is 18.0. The Kier molecular flexibility index (Phi) is 5.30. The van der Waals surface area contributed by atoms with Gasteiger partial charge in [-0.2, -0.15) is 0 Å². The zero-order valence-electron chi connectivity index (χ0n) is 13.8. The van der Waals surface area contributed by atoms with E-state index in [1.807, 2.05) is 18.2 Å². The molecule has 2 aromatic carbocycles. The highest BCUT2D eigenvalue weighted by Gasteiger charge is 2.25. The molecule has 4 nitrogen and oxygen atoms in total. The smallest absolute Gasteiger partial charge is 0.251 e. The maximum Gasteiger partial charge on any atom is 0.251 e. The van der Waals surface area contributed by atoms with E-state index >= 15 is 0 Å². The molecule has 25 heavy (non-hydrogen) atoms. The molecule has 1 atom stereocenters. The van der Waals surface area contributed by atoms with Gasteiger partial charge in [0.1, 0.15) is 6.04 Å². The van der Waals surface area contributed by atoms with E-state index in [9.17, 15) is 9.59 Å². The highest BCUT2D eigenvalue weighted by atomic mass is 35.5. The van der Waals surface area contributed by atoms with Crippen LogP contribution < -0.4 is 5.32 Å². The lowest BCUT2D eigenvalue weighted by molar-refractivity contribution is -0.133. The molecular formula is C19H18Cl2N2O2. The van der Waals surface area contributed by atoms with Gasteiger partial charge in [-0.15, -0.1) is 0 Å². The van der Waals surface area contributed by atoms with Crippen LogP contribution in [-0.4, -0.2) is 29.3 Å². The first-order valence-corrected chi connectivity index (χ1v) is 8.83. The van der Waals surface area contributed by atoms with Crippen molar-refractivity contribution in [1.82, 2.24) is 10.2 Å². The molecule has 0 fully saturated rings. The molecule has 0 aromatic heterocycles. The van der Waals surface area contributed by atoms with Crippen molar-refractivity contribution in [3.8, 4) is 0 Å². The third kappa shape index (κ3) is 3.97. The maximum absolute atomic E-state index is 12.7. The number of hydrogen-bond acceptors (Lipinski definition) is 2. The number of carbonyl (C=O) groups excluding carboxylic acids is 2. The molecule has 1 N–H and O–H groups in total. The minimum Gasteiger partial charge on any atom is -0.341 e. The fourth-order valence-electron chi connectivity index (χ4n) is 2.94. The van der Waals surface area contributed by atoms with E-state index in [4.69, 9.17) is 23.2 Å². The molecule has 0 aliphatic carbocycles. The largest absolute Gasteiger partial charge is 0.341 e. The van der Waals surface area contributed by atoms with Crippen molar-refractivity contribution in [3.63, 3.8) is 0 Å². The lowest BCUT2D eigenvalue weighted by atomic mass is 9.99. The van der Waals surface area contributed by atoms with E-state index in [-0.39, 0.29) is 11.8 Å². The summed E-state index contributed by atoms with van der Waals surface area (Å²) in [5.41, 5.74) is 2.81. The van der Waals surface area contributed by atoms with Gasteiger partial charge in [-0.05, 0) is 42.7 Å². The average Bonchev–Trinajstić information content (AvgIpc) is 2.62. The van der Waals surface area contributed by atoms with E-state index in [0.717, 1.165) is 12.0 Å². The molecule has 0 bridgehead atoms. The predicted octanol–water partition coefficient (Wildman–Crippen LogP) is 3.70. The second-order valence-electron chi connectivity index (χ2n) is 6.10. The third-order valence-electron chi connectivity index (χ3n) is 4.34. The Morgan fingerprint density at radius 1 is 1.08 bits per heavy atom. The van der Waals surface area contributed by atoms with Crippen molar-refractivity contribution in [1.29, 1.82) is 0 Å².